The summed E-state index contributed by atoms with van der Waals surface area (Å²) in [7, 11) is -2.54. The van der Waals surface area contributed by atoms with Gasteiger partial charge in [0.2, 0.25) is 16.3 Å². The summed E-state index contributed by atoms with van der Waals surface area (Å²) in [5.41, 5.74) is 0.0896. The zero-order chi connectivity index (χ0) is 31.0. The highest BCUT2D eigenvalue weighted by atomic mass is 32.2. The van der Waals surface area contributed by atoms with E-state index < -0.39 is 46.5 Å². The highest BCUT2D eigenvalue weighted by Gasteiger charge is 2.33. The minimum absolute atomic E-state index is 0.00433. The highest BCUT2D eigenvalue weighted by molar-refractivity contribution is 7.89. The number of carbonyl (C=O) groups excluding carboxylic acids is 1. The normalized spacial score (nSPS) is 17.2. The quantitative estimate of drug-likeness (QED) is 0.309. The molecule has 0 saturated carbocycles. The van der Waals surface area contributed by atoms with Gasteiger partial charge in [-0.25, -0.2) is 8.42 Å². The van der Waals surface area contributed by atoms with Crippen LogP contribution in [0.1, 0.15) is 23.5 Å². The molecule has 1 aliphatic rings. The maximum absolute atomic E-state index is 13.2. The van der Waals surface area contributed by atoms with E-state index in [1.165, 1.54) is 62.0 Å². The number of allylic oxidation sites excluding steroid dienone is 1. The number of amides is 1. The molecule has 0 unspecified atom stereocenters. The van der Waals surface area contributed by atoms with E-state index in [9.17, 15) is 31.5 Å². The lowest BCUT2D eigenvalue weighted by molar-refractivity contribution is -0.143. The van der Waals surface area contributed by atoms with Crippen molar-refractivity contribution in [1.82, 2.24) is 9.29 Å². The number of nitrogens with one attached hydrogen (secondary N) is 1. The molecule has 230 valence electrons. The van der Waals surface area contributed by atoms with E-state index >= 15 is 0 Å². The van der Waals surface area contributed by atoms with E-state index in [4.69, 9.17) is 14.2 Å². The van der Waals surface area contributed by atoms with E-state index in [2.05, 4.69) is 10.3 Å². The van der Waals surface area contributed by atoms with Gasteiger partial charge < -0.3 is 24.6 Å². The smallest absolute Gasteiger partial charge is 0.416 e. The minimum Gasteiger partial charge on any atom is -0.497 e. The topological polar surface area (TPSA) is 127 Å². The number of benzene rings is 2. The van der Waals surface area contributed by atoms with Crippen LogP contribution in [0, 0.1) is 0 Å². The number of sulfonamides is 1. The van der Waals surface area contributed by atoms with Crippen LogP contribution in [0.5, 0.6) is 5.75 Å². The van der Waals surface area contributed by atoms with Crippen LogP contribution in [0.25, 0.3) is 0 Å². The Balaban J connectivity index is 1.50. The number of hydrogen-bond acceptors (Lipinski definition) is 8. The Bertz CT molecular complexity index is 1500. The summed E-state index contributed by atoms with van der Waals surface area (Å²) >= 11 is 0. The number of aliphatic hydroxyl groups excluding tert-OH is 1. The van der Waals surface area contributed by atoms with Crippen molar-refractivity contribution in [3.05, 3.63) is 96.0 Å². The monoisotopic (exact) mass is 621 g/mol. The van der Waals surface area contributed by atoms with Gasteiger partial charge in [0.05, 0.1) is 42.7 Å². The average Bonchev–Trinajstić information content (AvgIpc) is 3.00. The number of halogens is 3. The lowest BCUT2D eigenvalue weighted by Crippen LogP contribution is -2.37. The summed E-state index contributed by atoms with van der Waals surface area (Å²) in [6.07, 6.45) is -0.934. The molecule has 0 spiro atoms. The molecule has 2 aromatic carbocycles. The van der Waals surface area contributed by atoms with Crippen molar-refractivity contribution in [2.75, 3.05) is 38.7 Å². The molecule has 1 aromatic heterocycles. The summed E-state index contributed by atoms with van der Waals surface area (Å²) < 4.78 is 83.5. The van der Waals surface area contributed by atoms with Crippen LogP contribution < -0.4 is 10.1 Å². The van der Waals surface area contributed by atoms with Crippen molar-refractivity contribution in [3.63, 3.8) is 0 Å². The van der Waals surface area contributed by atoms with Gasteiger partial charge in [-0.15, -0.1) is 0 Å². The van der Waals surface area contributed by atoms with Gasteiger partial charge in [0.1, 0.15) is 5.75 Å². The van der Waals surface area contributed by atoms with Crippen molar-refractivity contribution in [1.29, 1.82) is 0 Å². The van der Waals surface area contributed by atoms with E-state index in [0.29, 0.717) is 17.0 Å². The zero-order valence-corrected chi connectivity index (χ0v) is 23.8. The van der Waals surface area contributed by atoms with Crippen molar-refractivity contribution < 1.29 is 45.7 Å². The number of aromatic nitrogens is 1. The number of hydrogen-bond donors (Lipinski definition) is 2. The molecule has 0 fully saturated rings. The first-order valence-electron chi connectivity index (χ1n) is 13.1. The van der Waals surface area contributed by atoms with E-state index in [0.717, 1.165) is 16.4 Å². The molecule has 0 bridgehead atoms. The lowest BCUT2D eigenvalue weighted by Gasteiger charge is -2.30. The molecule has 2 heterocycles. The maximum Gasteiger partial charge on any atom is 0.416 e. The van der Waals surface area contributed by atoms with E-state index in [1.807, 2.05) is 0 Å². The third-order valence-electron chi connectivity index (χ3n) is 6.56. The predicted octanol–water partition coefficient (Wildman–Crippen LogP) is 4.16. The highest BCUT2D eigenvalue weighted by Crippen LogP contribution is 2.35. The first-order valence-corrected chi connectivity index (χ1v) is 14.6. The Kier molecular flexibility index (Phi) is 10.4. The van der Waals surface area contributed by atoms with Crippen LogP contribution in [0.4, 0.5) is 18.9 Å². The molecular formula is C29H30F3N3O7S. The van der Waals surface area contributed by atoms with Crippen molar-refractivity contribution in [2.45, 2.75) is 29.7 Å². The number of rotatable bonds is 12. The Labute approximate surface area is 246 Å². The van der Waals surface area contributed by atoms with E-state index in [1.54, 1.807) is 12.1 Å². The molecule has 43 heavy (non-hydrogen) atoms. The summed E-state index contributed by atoms with van der Waals surface area (Å²) in [6, 6.07) is 13.6. The van der Waals surface area contributed by atoms with Gasteiger partial charge in [-0.2, -0.15) is 17.5 Å². The minimum atomic E-state index is -4.50. The SMILES string of the molecule is COc1ccc(S(=O)(=O)N(CCO)CCO[C@H]2C[C@@H](c3ccc(C(F)(F)F)cc3)C=C(C(=O)Nc3cccnc3)O2)cc1. The van der Waals surface area contributed by atoms with E-state index in [-0.39, 0.29) is 36.8 Å². The second kappa shape index (κ2) is 14.0. The molecule has 2 N–H and O–H groups in total. The fraction of sp³-hybridized carbons (Fsp3) is 0.310. The van der Waals surface area contributed by atoms with Gasteiger partial charge in [-0.3, -0.25) is 9.78 Å². The van der Waals surface area contributed by atoms with Crippen molar-refractivity contribution >= 4 is 21.6 Å². The second-order valence-corrected chi connectivity index (χ2v) is 11.3. The number of aliphatic hydroxyl groups is 1. The molecule has 14 heteroatoms. The molecule has 4 rings (SSSR count). The zero-order valence-electron chi connectivity index (χ0n) is 23.0. The van der Waals surface area contributed by atoms with Crippen LogP contribution in [0.15, 0.2) is 89.8 Å². The fourth-order valence-electron chi connectivity index (χ4n) is 4.35. The molecule has 0 radical (unpaired) electrons. The number of ether oxygens (including phenoxy) is 3. The van der Waals surface area contributed by atoms with Gasteiger partial charge in [-0.05, 0) is 60.2 Å². The molecule has 1 aliphatic heterocycles. The maximum atomic E-state index is 13.2. The number of methoxy groups -OCH3 is 1. The number of anilines is 1. The van der Waals surface area contributed by atoms with Crippen LogP contribution >= 0.6 is 0 Å². The molecule has 2 atom stereocenters. The Morgan fingerprint density at radius 1 is 1.12 bits per heavy atom. The summed E-state index contributed by atoms with van der Waals surface area (Å²) in [5.74, 6) is -0.818. The molecule has 0 aliphatic carbocycles. The Morgan fingerprint density at radius 3 is 2.44 bits per heavy atom. The number of nitrogens with zero attached hydrogens (tertiary/aromatic N) is 2. The van der Waals surface area contributed by atoms with Crippen LogP contribution in [-0.2, 0) is 30.5 Å². The first kappa shape index (κ1) is 31.9. The molecule has 0 saturated heterocycles. The van der Waals surface area contributed by atoms with Gasteiger partial charge in [0.15, 0.2) is 5.76 Å². The molecule has 10 nitrogen and oxygen atoms in total. The summed E-state index contributed by atoms with van der Waals surface area (Å²) in [6.45, 7) is -0.958. The first-order chi connectivity index (χ1) is 20.5. The van der Waals surface area contributed by atoms with Crippen LogP contribution in [0.2, 0.25) is 0 Å². The number of pyridine rings is 1. The van der Waals surface area contributed by atoms with Crippen LogP contribution in [-0.4, -0.2) is 68.4 Å². The fourth-order valence-corrected chi connectivity index (χ4v) is 5.76. The van der Waals surface area contributed by atoms with Gasteiger partial charge >= 0.3 is 6.18 Å². The largest absolute Gasteiger partial charge is 0.497 e. The third-order valence-corrected chi connectivity index (χ3v) is 8.47. The standard InChI is InChI=1S/C29H30F3N3O7S/c1-40-24-8-10-25(11-9-24)43(38,39)35(13-15-36)14-16-41-27-18-21(20-4-6-22(7-5-20)29(30,31)32)17-26(42-27)28(37)34-23-3-2-12-33-19-23/h2-12,17,19,21,27,36H,13-16,18H2,1H3,(H,34,37)/t21-,27+/m0/s1. The Hall–Kier alpha value is -3.98. The Morgan fingerprint density at radius 2 is 1.84 bits per heavy atom. The second-order valence-electron chi connectivity index (χ2n) is 9.41. The average molecular weight is 622 g/mol. The van der Waals surface area contributed by atoms with Gasteiger partial charge in [0, 0.05) is 31.6 Å². The van der Waals surface area contributed by atoms with Gasteiger partial charge in [0.25, 0.3) is 5.91 Å². The number of carbonyl (C=O) groups is 1. The summed E-state index contributed by atoms with van der Waals surface area (Å²) in [4.78, 5) is 17.0. The van der Waals surface area contributed by atoms with Crippen molar-refractivity contribution in [3.8, 4) is 5.75 Å². The summed E-state index contributed by atoms with van der Waals surface area (Å²) in [5, 5.41) is 12.2. The van der Waals surface area contributed by atoms with Crippen molar-refractivity contribution in [2.24, 2.45) is 0 Å². The number of alkyl halides is 3. The lowest BCUT2D eigenvalue weighted by atomic mass is 9.92. The molecule has 1 amide bonds. The van der Waals surface area contributed by atoms with Crippen LogP contribution in [0.3, 0.4) is 0 Å². The van der Waals surface area contributed by atoms with Gasteiger partial charge in [-0.1, -0.05) is 12.1 Å². The molecular weight excluding hydrogens is 591 g/mol. The molecule has 3 aromatic rings. The predicted molar refractivity (Wildman–Crippen MR) is 149 cm³/mol. The third kappa shape index (κ3) is 8.32.